The van der Waals surface area contributed by atoms with Gasteiger partial charge in [-0.3, -0.25) is 0 Å². The second kappa shape index (κ2) is 4.51. The van der Waals surface area contributed by atoms with Crippen molar-refractivity contribution in [2.45, 2.75) is 33.1 Å². The molecule has 1 heteroatoms. The summed E-state index contributed by atoms with van der Waals surface area (Å²) in [6.45, 7) is 8.39. The highest BCUT2D eigenvalue weighted by molar-refractivity contribution is 4.86. The van der Waals surface area contributed by atoms with Gasteiger partial charge < -0.3 is 5.11 Å². The summed E-state index contributed by atoms with van der Waals surface area (Å²) in [5.41, 5.74) is 0.245. The molecule has 0 fully saturated rings. The highest BCUT2D eigenvalue weighted by Gasteiger charge is 2.10. The standard InChI is InChI=1S/C9H18O/c1-4-9(2,3)7-5-6-8-10/h4,10H,1,5-8H2,2-3H3. The average Bonchev–Trinajstić information content (AvgIpc) is 1.89. The molecule has 1 nitrogen and oxygen atoms in total. The Balaban J connectivity index is 3.37. The van der Waals surface area contributed by atoms with Gasteiger partial charge in [0.2, 0.25) is 0 Å². The first-order valence-electron chi connectivity index (χ1n) is 3.87. The fourth-order valence-corrected chi connectivity index (χ4v) is 0.794. The lowest BCUT2D eigenvalue weighted by Crippen LogP contribution is -2.06. The van der Waals surface area contributed by atoms with Crippen LogP contribution < -0.4 is 0 Å². The highest BCUT2D eigenvalue weighted by atomic mass is 16.2. The largest absolute Gasteiger partial charge is 0.396 e. The van der Waals surface area contributed by atoms with E-state index in [4.69, 9.17) is 5.11 Å². The van der Waals surface area contributed by atoms with Crippen LogP contribution in [0.15, 0.2) is 12.7 Å². The third kappa shape index (κ3) is 4.57. The van der Waals surface area contributed by atoms with Gasteiger partial charge >= 0.3 is 0 Å². The SMILES string of the molecule is C=CC(C)(C)CCCCO. The molecule has 10 heavy (non-hydrogen) atoms. The van der Waals surface area contributed by atoms with Gasteiger partial charge in [0.15, 0.2) is 0 Å². The van der Waals surface area contributed by atoms with Crippen LogP contribution in [-0.2, 0) is 0 Å². The number of aliphatic hydroxyl groups excluding tert-OH is 1. The number of hydrogen-bond donors (Lipinski definition) is 1. The van der Waals surface area contributed by atoms with Crippen LogP contribution in [0.5, 0.6) is 0 Å². The monoisotopic (exact) mass is 142 g/mol. The summed E-state index contributed by atoms with van der Waals surface area (Å²) in [5.74, 6) is 0. The van der Waals surface area contributed by atoms with Crippen LogP contribution in [0, 0.1) is 5.41 Å². The van der Waals surface area contributed by atoms with Crippen molar-refractivity contribution < 1.29 is 5.11 Å². The molecule has 0 unspecified atom stereocenters. The molecular formula is C9H18O. The zero-order chi connectivity index (χ0) is 8.04. The van der Waals surface area contributed by atoms with Gasteiger partial charge in [0.1, 0.15) is 0 Å². The first kappa shape index (κ1) is 9.70. The summed E-state index contributed by atoms with van der Waals surface area (Å²) in [6, 6.07) is 0. The van der Waals surface area contributed by atoms with E-state index in [-0.39, 0.29) is 5.41 Å². The van der Waals surface area contributed by atoms with Crippen molar-refractivity contribution in [2.75, 3.05) is 6.61 Å². The molecule has 0 saturated heterocycles. The normalized spacial score (nSPS) is 11.5. The minimum Gasteiger partial charge on any atom is -0.396 e. The van der Waals surface area contributed by atoms with Crippen molar-refractivity contribution >= 4 is 0 Å². The molecule has 0 aliphatic rings. The molecule has 0 saturated carbocycles. The molecule has 0 amide bonds. The van der Waals surface area contributed by atoms with Crippen LogP contribution in [0.2, 0.25) is 0 Å². The van der Waals surface area contributed by atoms with E-state index in [0.717, 1.165) is 19.3 Å². The number of allylic oxidation sites excluding steroid dienone is 1. The molecule has 0 aliphatic heterocycles. The quantitative estimate of drug-likeness (QED) is 0.461. The first-order valence-corrected chi connectivity index (χ1v) is 3.87. The van der Waals surface area contributed by atoms with Crippen molar-refractivity contribution in [1.82, 2.24) is 0 Å². The fourth-order valence-electron chi connectivity index (χ4n) is 0.794. The Bertz CT molecular complexity index is 94.9. The maximum atomic E-state index is 8.51. The maximum Gasteiger partial charge on any atom is 0.0431 e. The third-order valence-corrected chi connectivity index (χ3v) is 1.78. The van der Waals surface area contributed by atoms with E-state index in [2.05, 4.69) is 20.4 Å². The van der Waals surface area contributed by atoms with E-state index in [0.29, 0.717) is 6.61 Å². The molecule has 0 aromatic rings. The van der Waals surface area contributed by atoms with Crippen LogP contribution in [0.1, 0.15) is 33.1 Å². The number of hydrogen-bond acceptors (Lipinski definition) is 1. The Morgan fingerprint density at radius 2 is 2.00 bits per heavy atom. The van der Waals surface area contributed by atoms with Gasteiger partial charge in [-0.1, -0.05) is 26.3 Å². The van der Waals surface area contributed by atoms with Gasteiger partial charge in [-0.25, -0.2) is 0 Å². The topological polar surface area (TPSA) is 20.2 Å². The molecule has 0 aromatic heterocycles. The van der Waals surface area contributed by atoms with Gasteiger partial charge in [0.05, 0.1) is 0 Å². The van der Waals surface area contributed by atoms with Crippen molar-refractivity contribution in [2.24, 2.45) is 5.41 Å². The van der Waals surface area contributed by atoms with E-state index in [1.807, 2.05) is 6.08 Å². The summed E-state index contributed by atoms with van der Waals surface area (Å²) < 4.78 is 0. The predicted octanol–water partition coefficient (Wildman–Crippen LogP) is 2.36. The lowest BCUT2D eigenvalue weighted by Gasteiger charge is -2.18. The van der Waals surface area contributed by atoms with Gasteiger partial charge in [-0.15, -0.1) is 6.58 Å². The highest BCUT2D eigenvalue weighted by Crippen LogP contribution is 2.23. The molecule has 60 valence electrons. The molecule has 1 N–H and O–H groups in total. The van der Waals surface area contributed by atoms with Crippen LogP contribution >= 0.6 is 0 Å². The molecule has 0 aromatic carbocycles. The Kier molecular flexibility index (Phi) is 4.37. The lowest BCUT2D eigenvalue weighted by molar-refractivity contribution is 0.273. The summed E-state index contributed by atoms with van der Waals surface area (Å²) in [6.07, 6.45) is 5.11. The maximum absolute atomic E-state index is 8.51. The summed E-state index contributed by atoms with van der Waals surface area (Å²) in [7, 11) is 0. The average molecular weight is 142 g/mol. The summed E-state index contributed by atoms with van der Waals surface area (Å²) in [4.78, 5) is 0. The smallest absolute Gasteiger partial charge is 0.0431 e. The van der Waals surface area contributed by atoms with Gasteiger partial charge in [0, 0.05) is 6.61 Å². The molecule has 0 aliphatic carbocycles. The molecule has 0 spiro atoms. The molecule has 0 radical (unpaired) electrons. The van der Waals surface area contributed by atoms with E-state index in [9.17, 15) is 0 Å². The Morgan fingerprint density at radius 3 is 2.40 bits per heavy atom. The van der Waals surface area contributed by atoms with Crippen molar-refractivity contribution in [3.63, 3.8) is 0 Å². The van der Waals surface area contributed by atoms with Crippen molar-refractivity contribution in [3.8, 4) is 0 Å². The Morgan fingerprint density at radius 1 is 1.40 bits per heavy atom. The van der Waals surface area contributed by atoms with Crippen molar-refractivity contribution in [1.29, 1.82) is 0 Å². The minimum absolute atomic E-state index is 0.245. The molecule has 0 bridgehead atoms. The van der Waals surface area contributed by atoms with E-state index >= 15 is 0 Å². The van der Waals surface area contributed by atoms with Crippen LogP contribution in [0.3, 0.4) is 0 Å². The second-order valence-corrected chi connectivity index (χ2v) is 3.37. The predicted molar refractivity (Wildman–Crippen MR) is 44.9 cm³/mol. The van der Waals surface area contributed by atoms with Gasteiger partial charge in [-0.05, 0) is 18.3 Å². The molecule has 0 atom stereocenters. The zero-order valence-corrected chi connectivity index (χ0v) is 7.06. The molecule has 0 rings (SSSR count). The Labute approximate surface area is 63.8 Å². The van der Waals surface area contributed by atoms with Crippen LogP contribution in [0.25, 0.3) is 0 Å². The fraction of sp³-hybridized carbons (Fsp3) is 0.778. The lowest BCUT2D eigenvalue weighted by atomic mass is 9.88. The van der Waals surface area contributed by atoms with Gasteiger partial charge in [-0.2, -0.15) is 0 Å². The van der Waals surface area contributed by atoms with Crippen molar-refractivity contribution in [3.05, 3.63) is 12.7 Å². The zero-order valence-electron chi connectivity index (χ0n) is 7.06. The Hall–Kier alpha value is -0.300. The summed E-state index contributed by atoms with van der Waals surface area (Å²) >= 11 is 0. The molecule has 0 heterocycles. The van der Waals surface area contributed by atoms with Crippen LogP contribution in [-0.4, -0.2) is 11.7 Å². The minimum atomic E-state index is 0.245. The second-order valence-electron chi connectivity index (χ2n) is 3.37. The van der Waals surface area contributed by atoms with E-state index in [1.165, 1.54) is 0 Å². The first-order chi connectivity index (χ1) is 4.62. The third-order valence-electron chi connectivity index (χ3n) is 1.78. The molecular weight excluding hydrogens is 124 g/mol. The number of aliphatic hydroxyl groups is 1. The van der Waals surface area contributed by atoms with Gasteiger partial charge in [0.25, 0.3) is 0 Å². The summed E-state index contributed by atoms with van der Waals surface area (Å²) in [5, 5.41) is 8.51. The van der Waals surface area contributed by atoms with E-state index < -0.39 is 0 Å². The van der Waals surface area contributed by atoms with Crippen LogP contribution in [0.4, 0.5) is 0 Å². The number of rotatable bonds is 5. The number of unbranched alkanes of at least 4 members (excludes halogenated alkanes) is 1. The van der Waals surface area contributed by atoms with E-state index in [1.54, 1.807) is 0 Å².